The molecule has 0 saturated heterocycles. The molecular weight excluding hydrogens is 452 g/mol. The standard InChI is InChI=1S/C21H17ClF4N4O2/c1-11-7-14(4-6-16(11)23)28-20-27-12(2)8-19(32)30(20)10-18(31)29-17-9-13(21(24,25)26)3-5-15(17)22/h3-9H,10H2,1-2H3,(H,27,28)(H,29,31). The minimum atomic E-state index is -4.62. The van der Waals surface area contributed by atoms with Crippen molar-refractivity contribution in [3.05, 3.63) is 80.5 Å². The summed E-state index contributed by atoms with van der Waals surface area (Å²) in [6.45, 7) is 2.58. The maximum Gasteiger partial charge on any atom is 0.416 e. The molecular formula is C21H17ClF4N4O2. The fourth-order valence-electron chi connectivity index (χ4n) is 2.85. The van der Waals surface area contributed by atoms with Crippen molar-refractivity contribution in [2.45, 2.75) is 26.6 Å². The molecule has 0 unspecified atom stereocenters. The molecule has 1 aromatic heterocycles. The third-order valence-electron chi connectivity index (χ3n) is 4.42. The quantitative estimate of drug-likeness (QED) is 0.514. The molecule has 11 heteroatoms. The van der Waals surface area contributed by atoms with Crippen LogP contribution in [0.5, 0.6) is 0 Å². The van der Waals surface area contributed by atoms with Crippen LogP contribution in [0.1, 0.15) is 16.8 Å². The summed E-state index contributed by atoms with van der Waals surface area (Å²) in [7, 11) is 0. The monoisotopic (exact) mass is 468 g/mol. The molecule has 1 heterocycles. The number of hydrogen-bond donors (Lipinski definition) is 2. The van der Waals surface area contributed by atoms with E-state index in [2.05, 4.69) is 15.6 Å². The lowest BCUT2D eigenvalue weighted by molar-refractivity contribution is -0.137. The van der Waals surface area contributed by atoms with Gasteiger partial charge in [-0.25, -0.2) is 9.37 Å². The van der Waals surface area contributed by atoms with E-state index in [-0.39, 0.29) is 16.7 Å². The van der Waals surface area contributed by atoms with E-state index in [0.29, 0.717) is 23.0 Å². The van der Waals surface area contributed by atoms with Crippen molar-refractivity contribution in [1.82, 2.24) is 9.55 Å². The van der Waals surface area contributed by atoms with Crippen LogP contribution >= 0.6 is 11.6 Å². The minimum Gasteiger partial charge on any atom is -0.326 e. The summed E-state index contributed by atoms with van der Waals surface area (Å²) < 4.78 is 53.4. The molecule has 0 aliphatic carbocycles. The number of aromatic nitrogens is 2. The number of aryl methyl sites for hydroxylation is 2. The van der Waals surface area contributed by atoms with Crippen LogP contribution in [-0.2, 0) is 17.5 Å². The first-order valence-corrected chi connectivity index (χ1v) is 9.60. The average molecular weight is 469 g/mol. The smallest absolute Gasteiger partial charge is 0.326 e. The Morgan fingerprint density at radius 2 is 1.84 bits per heavy atom. The number of carbonyl (C=O) groups is 1. The highest BCUT2D eigenvalue weighted by Gasteiger charge is 2.31. The van der Waals surface area contributed by atoms with Gasteiger partial charge in [-0.05, 0) is 55.8 Å². The van der Waals surface area contributed by atoms with Crippen molar-refractivity contribution < 1.29 is 22.4 Å². The molecule has 2 N–H and O–H groups in total. The van der Waals surface area contributed by atoms with E-state index in [1.165, 1.54) is 24.3 Å². The lowest BCUT2D eigenvalue weighted by Crippen LogP contribution is -2.30. The number of halogens is 5. The molecule has 0 spiro atoms. The molecule has 0 aliphatic heterocycles. The number of hydrogen-bond acceptors (Lipinski definition) is 4. The zero-order valence-corrected chi connectivity index (χ0v) is 17.6. The van der Waals surface area contributed by atoms with Gasteiger partial charge in [0.05, 0.1) is 16.3 Å². The molecule has 0 atom stereocenters. The second-order valence-corrected chi connectivity index (χ2v) is 7.38. The Hall–Kier alpha value is -3.40. The second-order valence-electron chi connectivity index (χ2n) is 6.98. The van der Waals surface area contributed by atoms with Crippen molar-refractivity contribution in [1.29, 1.82) is 0 Å². The van der Waals surface area contributed by atoms with Gasteiger partial charge in [0.25, 0.3) is 5.56 Å². The Morgan fingerprint density at radius 1 is 1.12 bits per heavy atom. The summed E-state index contributed by atoms with van der Waals surface area (Å²) >= 11 is 5.91. The number of carbonyl (C=O) groups excluding carboxylic acids is 1. The molecule has 168 valence electrons. The van der Waals surface area contributed by atoms with Crippen LogP contribution in [0.15, 0.2) is 47.3 Å². The lowest BCUT2D eigenvalue weighted by Gasteiger charge is -2.15. The summed E-state index contributed by atoms with van der Waals surface area (Å²) in [5.41, 5.74) is -0.647. The summed E-state index contributed by atoms with van der Waals surface area (Å²) in [5.74, 6) is -1.20. The predicted octanol–water partition coefficient (Wildman–Crippen LogP) is 5.05. The first-order chi connectivity index (χ1) is 14.9. The maximum absolute atomic E-state index is 13.5. The fraction of sp³-hybridized carbons (Fsp3) is 0.190. The molecule has 2 aromatic carbocycles. The van der Waals surface area contributed by atoms with Gasteiger partial charge in [-0.2, -0.15) is 13.2 Å². The highest BCUT2D eigenvalue weighted by Crippen LogP contribution is 2.33. The van der Waals surface area contributed by atoms with Gasteiger partial charge in [0.15, 0.2) is 0 Å². The SMILES string of the molecule is Cc1cc(=O)n(CC(=O)Nc2cc(C(F)(F)F)ccc2Cl)c(Nc2ccc(F)c(C)c2)n1. The first kappa shape index (κ1) is 23.3. The number of anilines is 3. The predicted molar refractivity (Wildman–Crippen MR) is 113 cm³/mol. The third kappa shape index (κ3) is 5.44. The Labute approximate surface area is 184 Å². The molecule has 0 fully saturated rings. The second kappa shape index (κ2) is 8.99. The minimum absolute atomic E-state index is 0.00583. The molecule has 3 aromatic rings. The first-order valence-electron chi connectivity index (χ1n) is 9.22. The van der Waals surface area contributed by atoms with E-state index in [0.717, 1.165) is 16.7 Å². The molecule has 1 amide bonds. The highest BCUT2D eigenvalue weighted by atomic mass is 35.5. The van der Waals surface area contributed by atoms with Crippen LogP contribution in [0.2, 0.25) is 5.02 Å². The summed E-state index contributed by atoms with van der Waals surface area (Å²) in [6.07, 6.45) is -4.62. The van der Waals surface area contributed by atoms with Crippen LogP contribution in [0.25, 0.3) is 0 Å². The molecule has 6 nitrogen and oxygen atoms in total. The van der Waals surface area contributed by atoms with Crippen LogP contribution in [0, 0.1) is 19.7 Å². The van der Waals surface area contributed by atoms with E-state index in [1.807, 2.05) is 0 Å². The number of amides is 1. The van der Waals surface area contributed by atoms with Crippen molar-refractivity contribution in [2.24, 2.45) is 0 Å². The largest absolute Gasteiger partial charge is 0.416 e. The van der Waals surface area contributed by atoms with Gasteiger partial charge in [-0.3, -0.25) is 14.2 Å². The van der Waals surface area contributed by atoms with Crippen molar-refractivity contribution in [3.8, 4) is 0 Å². The number of alkyl halides is 3. The van der Waals surface area contributed by atoms with E-state index < -0.39 is 35.6 Å². The number of nitrogens with one attached hydrogen (secondary N) is 2. The summed E-state index contributed by atoms with van der Waals surface area (Å²) in [6, 6.07) is 7.88. The fourth-order valence-corrected chi connectivity index (χ4v) is 3.02. The summed E-state index contributed by atoms with van der Waals surface area (Å²) in [4.78, 5) is 29.2. The van der Waals surface area contributed by atoms with Crippen LogP contribution in [-0.4, -0.2) is 15.5 Å². The molecule has 3 rings (SSSR count). The van der Waals surface area contributed by atoms with Gasteiger partial charge in [0, 0.05) is 17.4 Å². The lowest BCUT2D eigenvalue weighted by atomic mass is 10.2. The van der Waals surface area contributed by atoms with Crippen LogP contribution < -0.4 is 16.2 Å². The Balaban J connectivity index is 1.88. The van der Waals surface area contributed by atoms with Gasteiger partial charge in [0.2, 0.25) is 11.9 Å². The summed E-state index contributed by atoms with van der Waals surface area (Å²) in [5, 5.41) is 5.05. The van der Waals surface area contributed by atoms with Crippen molar-refractivity contribution in [3.63, 3.8) is 0 Å². The van der Waals surface area contributed by atoms with Gasteiger partial charge in [-0.15, -0.1) is 0 Å². The van der Waals surface area contributed by atoms with Gasteiger partial charge < -0.3 is 10.6 Å². The molecule has 0 radical (unpaired) electrons. The van der Waals surface area contributed by atoms with E-state index in [9.17, 15) is 27.2 Å². The molecule has 32 heavy (non-hydrogen) atoms. The highest BCUT2D eigenvalue weighted by molar-refractivity contribution is 6.33. The maximum atomic E-state index is 13.5. The van der Waals surface area contributed by atoms with Crippen molar-refractivity contribution >= 4 is 34.8 Å². The Kier molecular flexibility index (Phi) is 6.54. The van der Waals surface area contributed by atoms with Crippen LogP contribution in [0.3, 0.4) is 0 Å². The van der Waals surface area contributed by atoms with Crippen molar-refractivity contribution in [2.75, 3.05) is 10.6 Å². The Bertz CT molecular complexity index is 1240. The van der Waals surface area contributed by atoms with Gasteiger partial charge >= 0.3 is 6.18 Å². The Morgan fingerprint density at radius 3 is 2.50 bits per heavy atom. The van der Waals surface area contributed by atoms with E-state index in [1.54, 1.807) is 13.8 Å². The molecule has 0 bridgehead atoms. The molecule has 0 saturated carbocycles. The zero-order chi connectivity index (χ0) is 23.6. The third-order valence-corrected chi connectivity index (χ3v) is 4.75. The number of rotatable bonds is 5. The van der Waals surface area contributed by atoms with E-state index in [4.69, 9.17) is 11.6 Å². The molecule has 0 aliphatic rings. The normalized spacial score (nSPS) is 11.3. The number of nitrogens with zero attached hydrogens (tertiary/aromatic N) is 2. The number of benzene rings is 2. The van der Waals surface area contributed by atoms with E-state index >= 15 is 0 Å². The topological polar surface area (TPSA) is 76.0 Å². The zero-order valence-electron chi connectivity index (χ0n) is 16.8. The van der Waals surface area contributed by atoms with Crippen LogP contribution in [0.4, 0.5) is 34.9 Å². The van der Waals surface area contributed by atoms with Gasteiger partial charge in [-0.1, -0.05) is 11.6 Å². The van der Waals surface area contributed by atoms with Gasteiger partial charge in [0.1, 0.15) is 12.4 Å². The average Bonchev–Trinajstić information content (AvgIpc) is 2.68.